The van der Waals surface area contributed by atoms with Gasteiger partial charge in [-0.2, -0.15) is 0 Å². The van der Waals surface area contributed by atoms with E-state index in [1.807, 2.05) is 6.07 Å². The SMILES string of the molecule is Cc1ccc([C@H](c2ccco2)N2CCNCC2)c(F)c1F. The van der Waals surface area contributed by atoms with Crippen molar-refractivity contribution in [2.24, 2.45) is 0 Å². The number of hydrogen-bond donors (Lipinski definition) is 1. The van der Waals surface area contributed by atoms with E-state index in [0.717, 1.165) is 26.2 Å². The minimum atomic E-state index is -0.782. The molecule has 0 amide bonds. The molecule has 5 heteroatoms. The number of nitrogens with zero attached hydrogens (tertiary/aromatic N) is 1. The maximum atomic E-state index is 14.4. The minimum Gasteiger partial charge on any atom is -0.467 e. The van der Waals surface area contributed by atoms with Gasteiger partial charge in [-0.25, -0.2) is 8.78 Å². The molecule has 2 aromatic rings. The van der Waals surface area contributed by atoms with Crippen LogP contribution in [-0.4, -0.2) is 31.1 Å². The van der Waals surface area contributed by atoms with Crippen LogP contribution < -0.4 is 5.32 Å². The van der Waals surface area contributed by atoms with E-state index in [-0.39, 0.29) is 0 Å². The third-order valence-corrected chi connectivity index (χ3v) is 3.93. The summed E-state index contributed by atoms with van der Waals surface area (Å²) in [6.45, 7) is 4.75. The zero-order valence-electron chi connectivity index (χ0n) is 11.9. The largest absolute Gasteiger partial charge is 0.467 e. The Morgan fingerprint density at radius 3 is 2.57 bits per heavy atom. The first-order chi connectivity index (χ1) is 10.2. The normalized spacial score (nSPS) is 17.9. The molecule has 21 heavy (non-hydrogen) atoms. The average molecular weight is 292 g/mol. The second kappa shape index (κ2) is 5.95. The van der Waals surface area contributed by atoms with Crippen molar-refractivity contribution in [2.45, 2.75) is 13.0 Å². The molecule has 2 heterocycles. The predicted molar refractivity (Wildman–Crippen MR) is 76.1 cm³/mol. The molecular weight excluding hydrogens is 274 g/mol. The molecule has 1 aromatic carbocycles. The Bertz CT molecular complexity index is 607. The molecule has 1 aliphatic heterocycles. The molecule has 1 N–H and O–H groups in total. The lowest BCUT2D eigenvalue weighted by molar-refractivity contribution is 0.176. The van der Waals surface area contributed by atoms with Gasteiger partial charge in [-0.1, -0.05) is 12.1 Å². The average Bonchev–Trinajstić information content (AvgIpc) is 3.03. The number of hydrogen-bond acceptors (Lipinski definition) is 3. The van der Waals surface area contributed by atoms with E-state index in [1.54, 1.807) is 31.4 Å². The van der Waals surface area contributed by atoms with Gasteiger partial charge in [0.1, 0.15) is 5.76 Å². The van der Waals surface area contributed by atoms with Crippen LogP contribution >= 0.6 is 0 Å². The quantitative estimate of drug-likeness (QED) is 0.943. The van der Waals surface area contributed by atoms with Gasteiger partial charge >= 0.3 is 0 Å². The topological polar surface area (TPSA) is 28.4 Å². The van der Waals surface area contributed by atoms with E-state index in [2.05, 4.69) is 10.2 Å². The fourth-order valence-corrected chi connectivity index (χ4v) is 2.79. The predicted octanol–water partition coefficient (Wildman–Crippen LogP) is 2.86. The van der Waals surface area contributed by atoms with E-state index in [1.165, 1.54) is 0 Å². The Morgan fingerprint density at radius 1 is 1.14 bits per heavy atom. The smallest absolute Gasteiger partial charge is 0.164 e. The Hall–Kier alpha value is -1.72. The summed E-state index contributed by atoms with van der Waals surface area (Å²) < 4.78 is 33.8. The Kier molecular flexibility index (Phi) is 4.03. The summed E-state index contributed by atoms with van der Waals surface area (Å²) in [6.07, 6.45) is 1.56. The lowest BCUT2D eigenvalue weighted by Gasteiger charge is -2.34. The number of piperazine rings is 1. The van der Waals surface area contributed by atoms with Crippen LogP contribution in [0, 0.1) is 18.6 Å². The van der Waals surface area contributed by atoms with Crippen molar-refractivity contribution < 1.29 is 13.2 Å². The molecule has 3 nitrogen and oxygen atoms in total. The molecule has 1 aromatic heterocycles. The summed E-state index contributed by atoms with van der Waals surface area (Å²) >= 11 is 0. The number of aryl methyl sites for hydroxylation is 1. The van der Waals surface area contributed by atoms with Gasteiger partial charge in [0.2, 0.25) is 0 Å². The van der Waals surface area contributed by atoms with Gasteiger partial charge in [-0.05, 0) is 24.6 Å². The summed E-state index contributed by atoms with van der Waals surface area (Å²) in [5.74, 6) is -0.923. The van der Waals surface area contributed by atoms with E-state index in [9.17, 15) is 8.78 Å². The van der Waals surface area contributed by atoms with Crippen molar-refractivity contribution in [3.05, 3.63) is 59.1 Å². The van der Waals surface area contributed by atoms with Gasteiger partial charge in [0, 0.05) is 31.7 Å². The van der Waals surface area contributed by atoms with Crippen LogP contribution in [0.5, 0.6) is 0 Å². The van der Waals surface area contributed by atoms with E-state index in [0.29, 0.717) is 16.9 Å². The second-order valence-electron chi connectivity index (χ2n) is 5.30. The number of benzene rings is 1. The molecule has 1 fully saturated rings. The number of furan rings is 1. The van der Waals surface area contributed by atoms with Crippen molar-refractivity contribution in [1.82, 2.24) is 10.2 Å². The summed E-state index contributed by atoms with van der Waals surface area (Å²) in [4.78, 5) is 2.11. The maximum absolute atomic E-state index is 14.4. The van der Waals surface area contributed by atoms with Crippen LogP contribution in [-0.2, 0) is 0 Å². The highest BCUT2D eigenvalue weighted by Crippen LogP contribution is 2.32. The van der Waals surface area contributed by atoms with Crippen molar-refractivity contribution in [3.63, 3.8) is 0 Å². The monoisotopic (exact) mass is 292 g/mol. The van der Waals surface area contributed by atoms with Crippen LogP contribution in [0.1, 0.15) is 22.9 Å². The highest BCUT2D eigenvalue weighted by molar-refractivity contribution is 5.32. The first-order valence-electron chi connectivity index (χ1n) is 7.11. The van der Waals surface area contributed by atoms with Gasteiger partial charge in [0.05, 0.1) is 12.3 Å². The third kappa shape index (κ3) is 2.71. The van der Waals surface area contributed by atoms with Crippen molar-refractivity contribution in [3.8, 4) is 0 Å². The minimum absolute atomic E-state index is 0.315. The molecule has 0 radical (unpaired) electrons. The van der Waals surface area contributed by atoms with Crippen LogP contribution in [0.25, 0.3) is 0 Å². The molecule has 1 saturated heterocycles. The summed E-state index contributed by atoms with van der Waals surface area (Å²) in [7, 11) is 0. The van der Waals surface area contributed by atoms with E-state index >= 15 is 0 Å². The van der Waals surface area contributed by atoms with Crippen LogP contribution in [0.15, 0.2) is 34.9 Å². The van der Waals surface area contributed by atoms with Gasteiger partial charge in [-0.15, -0.1) is 0 Å². The van der Waals surface area contributed by atoms with Crippen LogP contribution in [0.4, 0.5) is 8.78 Å². The highest BCUT2D eigenvalue weighted by atomic mass is 19.2. The number of rotatable bonds is 3. The van der Waals surface area contributed by atoms with Crippen molar-refractivity contribution >= 4 is 0 Å². The summed E-state index contributed by atoms with van der Waals surface area (Å²) in [5, 5.41) is 3.26. The van der Waals surface area contributed by atoms with E-state index < -0.39 is 17.7 Å². The Morgan fingerprint density at radius 2 is 1.90 bits per heavy atom. The standard InChI is InChI=1S/C16H18F2N2O/c1-11-4-5-12(15(18)14(11)17)16(13-3-2-10-21-13)20-8-6-19-7-9-20/h2-5,10,16,19H,6-9H2,1H3/t16-/m1/s1. The summed E-state index contributed by atoms with van der Waals surface area (Å²) in [5.41, 5.74) is 0.643. The van der Waals surface area contributed by atoms with Crippen molar-refractivity contribution in [2.75, 3.05) is 26.2 Å². The third-order valence-electron chi connectivity index (χ3n) is 3.93. The van der Waals surface area contributed by atoms with Crippen LogP contribution in [0.3, 0.4) is 0 Å². The number of nitrogens with one attached hydrogen (secondary N) is 1. The lowest BCUT2D eigenvalue weighted by Crippen LogP contribution is -2.45. The Labute approximate surface area is 122 Å². The zero-order valence-corrected chi connectivity index (χ0v) is 11.9. The molecule has 0 unspecified atom stereocenters. The fourth-order valence-electron chi connectivity index (χ4n) is 2.79. The maximum Gasteiger partial charge on any atom is 0.164 e. The molecule has 3 rings (SSSR count). The first-order valence-corrected chi connectivity index (χ1v) is 7.11. The molecular formula is C16H18F2N2O. The van der Waals surface area contributed by atoms with Gasteiger partial charge in [0.15, 0.2) is 11.6 Å². The molecule has 1 aliphatic rings. The zero-order chi connectivity index (χ0) is 14.8. The first kappa shape index (κ1) is 14.2. The number of halogens is 2. The highest BCUT2D eigenvalue weighted by Gasteiger charge is 2.29. The van der Waals surface area contributed by atoms with Gasteiger partial charge < -0.3 is 9.73 Å². The fraction of sp³-hybridized carbons (Fsp3) is 0.375. The van der Waals surface area contributed by atoms with E-state index in [4.69, 9.17) is 4.42 Å². The molecule has 1 atom stereocenters. The molecule has 0 aliphatic carbocycles. The summed E-state index contributed by atoms with van der Waals surface area (Å²) in [6, 6.07) is 6.46. The Balaban J connectivity index is 2.05. The molecule has 0 spiro atoms. The molecule has 0 bridgehead atoms. The molecule has 112 valence electrons. The second-order valence-corrected chi connectivity index (χ2v) is 5.30. The van der Waals surface area contributed by atoms with Crippen molar-refractivity contribution in [1.29, 1.82) is 0 Å². The van der Waals surface area contributed by atoms with Gasteiger partial charge in [0.25, 0.3) is 0 Å². The van der Waals surface area contributed by atoms with Gasteiger partial charge in [-0.3, -0.25) is 4.90 Å². The van der Waals surface area contributed by atoms with Crippen LogP contribution in [0.2, 0.25) is 0 Å². The molecule has 0 saturated carbocycles. The lowest BCUT2D eigenvalue weighted by atomic mass is 9.99.